The molecule has 0 saturated heterocycles. The monoisotopic (exact) mass is 292 g/mol. The van der Waals surface area contributed by atoms with Gasteiger partial charge >= 0.3 is 5.11 Å². The molecule has 0 fully saturated rings. The number of rotatable bonds is 5. The first kappa shape index (κ1) is 17.4. The van der Waals surface area contributed by atoms with Crippen LogP contribution in [0, 0.1) is 0 Å². The molecule has 4 N–H and O–H groups in total. The van der Waals surface area contributed by atoms with Crippen molar-refractivity contribution < 1.29 is 17.0 Å². The standard InChI is InChI=1S/C11H21N2S.BrH/c1-9(2)5-4-6-10(3)7-8-14-11(12)13;/h5,7H,4,6,8,12-13H2,1-3H3;1H/q+1;/p-1/b10-7+;. The van der Waals surface area contributed by atoms with Crippen LogP contribution in [0.1, 0.15) is 33.6 Å². The maximum Gasteiger partial charge on any atom is 0.315 e. The van der Waals surface area contributed by atoms with Gasteiger partial charge in [-0.25, -0.2) is 11.5 Å². The van der Waals surface area contributed by atoms with Crippen LogP contribution in [0.2, 0.25) is 0 Å². The van der Waals surface area contributed by atoms with Gasteiger partial charge in [-0.1, -0.05) is 17.2 Å². The molecule has 0 aliphatic heterocycles. The van der Waals surface area contributed by atoms with Gasteiger partial charge in [-0.05, 0) is 39.7 Å². The fourth-order valence-corrected chi connectivity index (χ4v) is 1.53. The highest BCUT2D eigenvalue weighted by Gasteiger charge is 1.96. The van der Waals surface area contributed by atoms with Crippen LogP contribution in [-0.2, 0) is 11.4 Å². The molecule has 0 amide bonds. The predicted molar refractivity (Wildman–Crippen MR) is 68.0 cm³/mol. The molecule has 88 valence electrons. The van der Waals surface area contributed by atoms with Crippen molar-refractivity contribution in [2.24, 2.45) is 11.5 Å². The molecule has 0 radical (unpaired) electrons. The fourth-order valence-electron chi connectivity index (χ4n) is 0.971. The molecule has 0 heterocycles. The average molecular weight is 293 g/mol. The number of halogens is 1. The summed E-state index contributed by atoms with van der Waals surface area (Å²) >= 11 is 1.48. The Morgan fingerprint density at radius 2 is 1.73 bits per heavy atom. The summed E-state index contributed by atoms with van der Waals surface area (Å²) in [6, 6.07) is 0. The molecular weight excluding hydrogens is 272 g/mol. The zero-order valence-corrected chi connectivity index (χ0v) is 12.1. The van der Waals surface area contributed by atoms with Crippen molar-refractivity contribution in [3.8, 4) is 0 Å². The van der Waals surface area contributed by atoms with E-state index in [4.69, 9.17) is 11.5 Å². The van der Waals surface area contributed by atoms with E-state index < -0.39 is 0 Å². The van der Waals surface area contributed by atoms with Crippen molar-refractivity contribution >= 4 is 16.5 Å². The molecule has 0 aromatic heterocycles. The molecule has 0 rings (SSSR count). The zero-order chi connectivity index (χ0) is 11.0. The quantitative estimate of drug-likeness (QED) is 0.379. The molecule has 0 aliphatic carbocycles. The zero-order valence-electron chi connectivity index (χ0n) is 9.72. The minimum atomic E-state index is 0. The predicted octanol–water partition coefficient (Wildman–Crippen LogP) is -1.23. The number of hydrogen-bond donors (Lipinski definition) is 2. The van der Waals surface area contributed by atoms with Crippen molar-refractivity contribution in [1.82, 2.24) is 0 Å². The van der Waals surface area contributed by atoms with Crippen LogP contribution < -0.4 is 28.4 Å². The molecule has 0 aliphatic rings. The average Bonchev–Trinajstić information content (AvgIpc) is 2.02. The van der Waals surface area contributed by atoms with Crippen LogP contribution >= 0.6 is 0 Å². The first-order valence-corrected chi connectivity index (χ1v) is 5.80. The van der Waals surface area contributed by atoms with Gasteiger partial charge < -0.3 is 17.0 Å². The molecule has 0 saturated carbocycles. The molecule has 0 atom stereocenters. The first-order valence-electron chi connectivity index (χ1n) is 4.82. The smallest absolute Gasteiger partial charge is 0.315 e. The Morgan fingerprint density at radius 1 is 1.13 bits per heavy atom. The van der Waals surface area contributed by atoms with E-state index >= 15 is 0 Å². The molecule has 0 aromatic carbocycles. The molecule has 15 heavy (non-hydrogen) atoms. The molecule has 4 heteroatoms. The Labute approximate surface area is 108 Å². The van der Waals surface area contributed by atoms with Gasteiger partial charge in [0.15, 0.2) is 5.75 Å². The maximum atomic E-state index is 5.34. The van der Waals surface area contributed by atoms with Crippen LogP contribution in [0.5, 0.6) is 0 Å². The second-order valence-electron chi connectivity index (χ2n) is 3.58. The molecule has 2 nitrogen and oxygen atoms in total. The largest absolute Gasteiger partial charge is 1.00 e. The third kappa shape index (κ3) is 14.0. The number of allylic oxidation sites excluding steroid dienone is 3. The highest BCUT2D eigenvalue weighted by molar-refractivity contribution is 7.78. The summed E-state index contributed by atoms with van der Waals surface area (Å²) < 4.78 is 0. The molecule has 0 bridgehead atoms. The SMILES string of the molecule is CC(C)=CCC/C(C)=C/C[S+]=C(N)N.[Br-]. The summed E-state index contributed by atoms with van der Waals surface area (Å²) in [5.41, 5.74) is 13.5. The summed E-state index contributed by atoms with van der Waals surface area (Å²) in [6.45, 7) is 6.39. The minimum Gasteiger partial charge on any atom is -1.00 e. The number of hydrogen-bond acceptors (Lipinski definition) is 0. The summed E-state index contributed by atoms with van der Waals surface area (Å²) in [7, 11) is 0. The summed E-state index contributed by atoms with van der Waals surface area (Å²) in [5.74, 6) is 0.878. The van der Waals surface area contributed by atoms with Crippen molar-refractivity contribution in [1.29, 1.82) is 0 Å². The van der Waals surface area contributed by atoms with Crippen molar-refractivity contribution in [3.05, 3.63) is 23.3 Å². The van der Waals surface area contributed by atoms with E-state index in [1.807, 2.05) is 0 Å². The van der Waals surface area contributed by atoms with E-state index in [0.717, 1.165) is 18.6 Å². The number of nitrogens with two attached hydrogens (primary N) is 2. The van der Waals surface area contributed by atoms with Gasteiger partial charge in [0.1, 0.15) is 0 Å². The molecule has 0 unspecified atom stereocenters. The lowest BCUT2D eigenvalue weighted by Gasteiger charge is -1.95. The topological polar surface area (TPSA) is 52.0 Å². The van der Waals surface area contributed by atoms with Crippen LogP contribution in [0.4, 0.5) is 0 Å². The van der Waals surface area contributed by atoms with Gasteiger partial charge in [0.2, 0.25) is 11.4 Å². The van der Waals surface area contributed by atoms with Crippen LogP contribution in [0.3, 0.4) is 0 Å². The van der Waals surface area contributed by atoms with Gasteiger partial charge in [0.25, 0.3) is 0 Å². The summed E-state index contributed by atoms with van der Waals surface area (Å²) in [4.78, 5) is 0. The lowest BCUT2D eigenvalue weighted by atomic mass is 10.1. The van der Waals surface area contributed by atoms with Crippen LogP contribution in [0.15, 0.2) is 23.3 Å². The van der Waals surface area contributed by atoms with Gasteiger partial charge in [-0.3, -0.25) is 0 Å². The Bertz CT molecular complexity index is 249. The first-order chi connectivity index (χ1) is 6.52. The second-order valence-corrected chi connectivity index (χ2v) is 4.68. The Hall–Kier alpha value is -0.0300. The Kier molecular flexibility index (Phi) is 12.1. The molecule has 0 aromatic rings. The van der Waals surface area contributed by atoms with E-state index in [9.17, 15) is 0 Å². The normalized spacial score (nSPS) is 10.3. The lowest BCUT2D eigenvalue weighted by molar-refractivity contribution is -0.00000338. The van der Waals surface area contributed by atoms with Crippen molar-refractivity contribution in [3.63, 3.8) is 0 Å². The van der Waals surface area contributed by atoms with E-state index in [-0.39, 0.29) is 17.0 Å². The third-order valence-electron chi connectivity index (χ3n) is 1.77. The lowest BCUT2D eigenvalue weighted by Crippen LogP contribution is -3.00. The van der Waals surface area contributed by atoms with Crippen molar-refractivity contribution in [2.75, 3.05) is 5.75 Å². The fraction of sp³-hybridized carbons (Fsp3) is 0.545. The third-order valence-corrected chi connectivity index (χ3v) is 2.44. The van der Waals surface area contributed by atoms with E-state index in [1.165, 1.54) is 22.5 Å². The summed E-state index contributed by atoms with van der Waals surface area (Å²) in [6.07, 6.45) is 6.69. The summed E-state index contributed by atoms with van der Waals surface area (Å²) in [5, 5.41) is 0.443. The van der Waals surface area contributed by atoms with Gasteiger partial charge in [-0.15, -0.1) is 0 Å². The van der Waals surface area contributed by atoms with E-state index in [2.05, 4.69) is 32.9 Å². The van der Waals surface area contributed by atoms with Crippen molar-refractivity contribution in [2.45, 2.75) is 33.6 Å². The molecular formula is C11H21BrN2S. The minimum absolute atomic E-state index is 0. The maximum absolute atomic E-state index is 5.34. The van der Waals surface area contributed by atoms with E-state index in [0.29, 0.717) is 5.11 Å². The van der Waals surface area contributed by atoms with Crippen LogP contribution in [-0.4, -0.2) is 10.9 Å². The van der Waals surface area contributed by atoms with E-state index in [1.54, 1.807) is 0 Å². The van der Waals surface area contributed by atoms with Gasteiger partial charge in [0, 0.05) is 0 Å². The Balaban J connectivity index is 0. The highest BCUT2D eigenvalue weighted by Crippen LogP contribution is 2.05. The highest BCUT2D eigenvalue weighted by atomic mass is 79.9. The van der Waals surface area contributed by atoms with Crippen LogP contribution in [0.25, 0.3) is 0 Å². The molecule has 0 spiro atoms. The van der Waals surface area contributed by atoms with Gasteiger partial charge in [0.05, 0.1) is 0 Å². The second kappa shape index (κ2) is 10.5. The Morgan fingerprint density at radius 3 is 2.20 bits per heavy atom. The van der Waals surface area contributed by atoms with Gasteiger partial charge in [-0.2, -0.15) is 0 Å².